The summed E-state index contributed by atoms with van der Waals surface area (Å²) in [6.07, 6.45) is 3.46. The minimum atomic E-state index is 0.614. The van der Waals surface area contributed by atoms with E-state index >= 15 is 0 Å². The molecule has 0 atom stereocenters. The quantitative estimate of drug-likeness (QED) is 0.725. The standard InChI is InChI=1S/C18H10N6/c1-3-7-19-11(5-1)17-21-13-9-15-16(10-14(13)22-17)24-18(23-15)12-6-2-4-8-20-12/h1-10H. The molecular formula is C18H10N6. The lowest BCUT2D eigenvalue weighted by Gasteiger charge is -1.93. The van der Waals surface area contributed by atoms with Gasteiger partial charge in [-0.3, -0.25) is 9.97 Å². The van der Waals surface area contributed by atoms with Crippen molar-refractivity contribution in [3.63, 3.8) is 0 Å². The molecule has 1 aromatic carbocycles. The number of nitrogens with zero attached hydrogens (tertiary/aromatic N) is 6. The van der Waals surface area contributed by atoms with Gasteiger partial charge in [0.2, 0.25) is 0 Å². The molecule has 4 heterocycles. The second-order valence-corrected chi connectivity index (χ2v) is 5.35. The number of hydrogen-bond donors (Lipinski definition) is 0. The first-order valence-corrected chi connectivity index (χ1v) is 7.48. The Hall–Kier alpha value is -3.54. The van der Waals surface area contributed by atoms with E-state index in [9.17, 15) is 0 Å². The second kappa shape index (κ2) is 4.99. The molecule has 6 heteroatoms. The fraction of sp³-hybridized carbons (Fsp3) is 0. The van der Waals surface area contributed by atoms with Crippen LogP contribution in [0.15, 0.2) is 80.9 Å². The average Bonchev–Trinajstić information content (AvgIpc) is 3.24. The summed E-state index contributed by atoms with van der Waals surface area (Å²) in [5.74, 6) is 1.23. The van der Waals surface area contributed by atoms with Crippen LogP contribution in [0.2, 0.25) is 0 Å². The van der Waals surface area contributed by atoms with Gasteiger partial charge < -0.3 is 0 Å². The lowest BCUT2D eigenvalue weighted by molar-refractivity contribution is 1.27. The Labute approximate surface area is 136 Å². The van der Waals surface area contributed by atoms with Gasteiger partial charge in [-0.05, 0) is 36.4 Å². The predicted molar refractivity (Wildman–Crippen MR) is 89.6 cm³/mol. The van der Waals surface area contributed by atoms with Gasteiger partial charge in [-0.1, -0.05) is 12.1 Å². The SMILES string of the molecule is c1ccc(C2=Nc3cc4c(cc3=N2)N=C(c2ccccn2)N=4)nc1. The maximum absolute atomic E-state index is 4.56. The summed E-state index contributed by atoms with van der Waals surface area (Å²) < 4.78 is 0. The minimum absolute atomic E-state index is 0.614. The molecule has 6 nitrogen and oxygen atoms in total. The van der Waals surface area contributed by atoms with Crippen LogP contribution in [0.4, 0.5) is 11.4 Å². The smallest absolute Gasteiger partial charge is 0.179 e. The van der Waals surface area contributed by atoms with Crippen LogP contribution in [0.5, 0.6) is 0 Å². The number of fused-ring (bicyclic) bond motifs is 2. The van der Waals surface area contributed by atoms with Gasteiger partial charge in [0.15, 0.2) is 11.7 Å². The normalized spacial score (nSPS) is 14.2. The van der Waals surface area contributed by atoms with Crippen LogP contribution in [0, 0.1) is 0 Å². The summed E-state index contributed by atoms with van der Waals surface area (Å²) in [5.41, 5.74) is 3.08. The number of benzene rings is 1. The van der Waals surface area contributed by atoms with Crippen molar-refractivity contribution in [2.75, 3.05) is 0 Å². The summed E-state index contributed by atoms with van der Waals surface area (Å²) in [6.45, 7) is 0. The highest BCUT2D eigenvalue weighted by Gasteiger charge is 2.17. The molecule has 0 aliphatic carbocycles. The average molecular weight is 310 g/mol. The largest absolute Gasteiger partial charge is 0.253 e. The number of aromatic nitrogens is 2. The summed E-state index contributed by atoms with van der Waals surface area (Å²) >= 11 is 0. The van der Waals surface area contributed by atoms with Crippen molar-refractivity contribution in [2.45, 2.75) is 0 Å². The van der Waals surface area contributed by atoms with E-state index in [4.69, 9.17) is 0 Å². The molecule has 112 valence electrons. The molecule has 2 aromatic heterocycles. The highest BCUT2D eigenvalue weighted by atomic mass is 15.0. The molecule has 0 amide bonds. The summed E-state index contributed by atoms with van der Waals surface area (Å²) in [4.78, 5) is 26.8. The third-order valence-corrected chi connectivity index (χ3v) is 3.77. The molecule has 0 saturated heterocycles. The van der Waals surface area contributed by atoms with Crippen molar-refractivity contribution in [2.24, 2.45) is 20.0 Å². The van der Waals surface area contributed by atoms with Crippen LogP contribution in [0.1, 0.15) is 11.4 Å². The van der Waals surface area contributed by atoms with E-state index in [0.29, 0.717) is 11.7 Å². The minimum Gasteiger partial charge on any atom is -0.253 e. The zero-order valence-corrected chi connectivity index (χ0v) is 12.5. The van der Waals surface area contributed by atoms with Crippen molar-refractivity contribution >= 4 is 23.0 Å². The Kier molecular flexibility index (Phi) is 2.69. The van der Waals surface area contributed by atoms with Crippen LogP contribution in [0.3, 0.4) is 0 Å². The monoisotopic (exact) mass is 310 g/mol. The Morgan fingerprint density at radius 3 is 1.46 bits per heavy atom. The topological polar surface area (TPSA) is 75.2 Å². The first-order valence-electron chi connectivity index (χ1n) is 7.48. The number of rotatable bonds is 2. The van der Waals surface area contributed by atoms with Crippen molar-refractivity contribution in [1.29, 1.82) is 0 Å². The lowest BCUT2D eigenvalue weighted by Crippen LogP contribution is -2.07. The van der Waals surface area contributed by atoms with Gasteiger partial charge in [0.05, 0.1) is 22.1 Å². The Morgan fingerprint density at radius 1 is 0.542 bits per heavy atom. The van der Waals surface area contributed by atoms with Gasteiger partial charge in [0, 0.05) is 12.4 Å². The van der Waals surface area contributed by atoms with E-state index in [1.807, 2.05) is 48.5 Å². The Morgan fingerprint density at radius 2 is 1.04 bits per heavy atom. The Bertz CT molecular complexity index is 1040. The van der Waals surface area contributed by atoms with Gasteiger partial charge in [-0.25, -0.2) is 20.0 Å². The van der Waals surface area contributed by atoms with Crippen LogP contribution >= 0.6 is 0 Å². The van der Waals surface area contributed by atoms with E-state index in [1.165, 1.54) is 0 Å². The zero-order chi connectivity index (χ0) is 15.9. The van der Waals surface area contributed by atoms with Gasteiger partial charge >= 0.3 is 0 Å². The molecule has 0 radical (unpaired) electrons. The van der Waals surface area contributed by atoms with E-state index in [0.717, 1.165) is 33.5 Å². The van der Waals surface area contributed by atoms with Gasteiger partial charge in [0.25, 0.3) is 0 Å². The predicted octanol–water partition coefficient (Wildman–Crippen LogP) is 1.90. The molecule has 0 unspecified atom stereocenters. The van der Waals surface area contributed by atoms with Crippen molar-refractivity contribution < 1.29 is 0 Å². The van der Waals surface area contributed by atoms with E-state index in [-0.39, 0.29) is 0 Å². The molecule has 0 N–H and O–H groups in total. The van der Waals surface area contributed by atoms with E-state index in [1.54, 1.807) is 12.4 Å². The molecule has 2 aliphatic heterocycles. The van der Waals surface area contributed by atoms with E-state index in [2.05, 4.69) is 29.9 Å². The van der Waals surface area contributed by atoms with Gasteiger partial charge in [-0.2, -0.15) is 0 Å². The third-order valence-electron chi connectivity index (χ3n) is 3.77. The van der Waals surface area contributed by atoms with Crippen LogP contribution in [0.25, 0.3) is 0 Å². The molecule has 5 rings (SSSR count). The first-order chi connectivity index (χ1) is 11.9. The zero-order valence-electron chi connectivity index (χ0n) is 12.5. The fourth-order valence-electron chi connectivity index (χ4n) is 2.64. The number of hydrogen-bond acceptors (Lipinski definition) is 6. The van der Waals surface area contributed by atoms with Crippen molar-refractivity contribution in [1.82, 2.24) is 9.97 Å². The van der Waals surface area contributed by atoms with Gasteiger partial charge in [-0.15, -0.1) is 0 Å². The fourth-order valence-corrected chi connectivity index (χ4v) is 2.64. The van der Waals surface area contributed by atoms with E-state index < -0.39 is 0 Å². The van der Waals surface area contributed by atoms with Gasteiger partial charge in [0.1, 0.15) is 11.4 Å². The van der Waals surface area contributed by atoms with Crippen molar-refractivity contribution in [3.05, 3.63) is 83.0 Å². The number of amidine groups is 2. The molecule has 3 aromatic rings. The third kappa shape index (κ3) is 2.04. The summed E-state index contributed by atoms with van der Waals surface area (Å²) in [6, 6.07) is 15.2. The first kappa shape index (κ1) is 13.0. The molecule has 0 saturated carbocycles. The summed E-state index contributed by atoms with van der Waals surface area (Å²) in [5, 5.41) is 1.58. The molecule has 2 aliphatic rings. The van der Waals surface area contributed by atoms with Crippen LogP contribution in [-0.4, -0.2) is 21.6 Å². The molecule has 24 heavy (non-hydrogen) atoms. The highest BCUT2D eigenvalue weighted by molar-refractivity contribution is 6.02. The maximum Gasteiger partial charge on any atom is 0.179 e. The summed E-state index contributed by atoms with van der Waals surface area (Å²) in [7, 11) is 0. The van der Waals surface area contributed by atoms with Crippen molar-refractivity contribution in [3.8, 4) is 0 Å². The second-order valence-electron chi connectivity index (χ2n) is 5.35. The number of aliphatic imine (C=N–C) groups is 2. The molecule has 0 fully saturated rings. The van der Waals surface area contributed by atoms with Crippen LogP contribution in [-0.2, 0) is 0 Å². The molecular weight excluding hydrogens is 300 g/mol. The molecule has 0 bridgehead atoms. The Balaban J connectivity index is 1.58. The van der Waals surface area contributed by atoms with Crippen LogP contribution < -0.4 is 10.7 Å². The maximum atomic E-state index is 4.56. The lowest BCUT2D eigenvalue weighted by atomic mass is 10.2. The highest BCUT2D eigenvalue weighted by Crippen LogP contribution is 2.18. The number of pyridine rings is 2. The molecule has 0 spiro atoms.